The molecule has 0 spiro atoms. The Morgan fingerprint density at radius 2 is 2.11 bits per heavy atom. The molecule has 4 nitrogen and oxygen atoms in total. The van der Waals surface area contributed by atoms with Crippen LogP contribution in [0.1, 0.15) is 30.5 Å². The van der Waals surface area contributed by atoms with E-state index >= 15 is 0 Å². The third kappa shape index (κ3) is 2.43. The molecule has 2 unspecified atom stereocenters. The van der Waals surface area contributed by atoms with Crippen LogP contribution in [-0.4, -0.2) is 47.1 Å². The van der Waals surface area contributed by atoms with Gasteiger partial charge in [0.25, 0.3) is 0 Å². The van der Waals surface area contributed by atoms with Gasteiger partial charge in [-0.3, -0.25) is 4.90 Å². The van der Waals surface area contributed by atoms with Crippen molar-refractivity contribution in [1.82, 2.24) is 14.9 Å². The molecular weight excluding hydrogens is 260 g/mol. The van der Waals surface area contributed by atoms with E-state index in [1.165, 1.54) is 19.3 Å². The Kier molecular flexibility index (Phi) is 3.63. The largest absolute Gasteiger partial charge is 0.339 e. The number of halogens is 1. The summed E-state index contributed by atoms with van der Waals surface area (Å²) in [6, 6.07) is 1.40. The van der Waals surface area contributed by atoms with Gasteiger partial charge in [-0.25, -0.2) is 9.97 Å². The molecule has 0 aromatic carbocycles. The molecule has 1 aromatic heterocycles. The normalized spacial score (nSPS) is 27.6. The molecule has 2 fully saturated rings. The van der Waals surface area contributed by atoms with E-state index in [1.807, 2.05) is 13.1 Å². The minimum Gasteiger partial charge on any atom is -0.339 e. The van der Waals surface area contributed by atoms with E-state index in [0.717, 1.165) is 36.3 Å². The summed E-state index contributed by atoms with van der Waals surface area (Å²) < 4.78 is 0. The summed E-state index contributed by atoms with van der Waals surface area (Å²) in [7, 11) is 2.26. The summed E-state index contributed by atoms with van der Waals surface area (Å²) in [5.41, 5.74) is 2.03. The van der Waals surface area contributed by atoms with Crippen molar-refractivity contribution in [1.29, 1.82) is 0 Å². The average molecular weight is 281 g/mol. The SMILES string of the molecule is Cc1nc(N2CCC3CCC(C2)N3C)ncc1CCl. The smallest absolute Gasteiger partial charge is 0.225 e. The van der Waals surface area contributed by atoms with E-state index in [0.29, 0.717) is 11.9 Å². The van der Waals surface area contributed by atoms with Gasteiger partial charge < -0.3 is 4.90 Å². The zero-order chi connectivity index (χ0) is 13.4. The molecule has 0 amide bonds. The van der Waals surface area contributed by atoms with Crippen molar-refractivity contribution in [3.63, 3.8) is 0 Å². The van der Waals surface area contributed by atoms with Gasteiger partial charge in [-0.1, -0.05) is 0 Å². The predicted octanol–water partition coefficient (Wildman–Crippen LogP) is 2.20. The van der Waals surface area contributed by atoms with Gasteiger partial charge in [-0.05, 0) is 33.2 Å². The highest BCUT2D eigenvalue weighted by Crippen LogP contribution is 2.29. The monoisotopic (exact) mass is 280 g/mol. The van der Waals surface area contributed by atoms with E-state index in [-0.39, 0.29) is 0 Å². The second-order valence-corrected chi connectivity index (χ2v) is 5.97. The molecule has 5 heteroatoms. The van der Waals surface area contributed by atoms with Crippen molar-refractivity contribution in [2.75, 3.05) is 25.0 Å². The fraction of sp³-hybridized carbons (Fsp3) is 0.714. The maximum absolute atomic E-state index is 5.87. The summed E-state index contributed by atoms with van der Waals surface area (Å²) in [5, 5.41) is 0. The molecule has 2 bridgehead atoms. The highest BCUT2D eigenvalue weighted by atomic mass is 35.5. The minimum atomic E-state index is 0.486. The standard InChI is InChI=1S/C14H21ClN4/c1-10-11(7-15)8-16-14(17-10)19-6-5-12-3-4-13(9-19)18(12)2/h8,12-13H,3-7,9H2,1-2H3. The summed E-state index contributed by atoms with van der Waals surface area (Å²) in [5.74, 6) is 1.35. The highest BCUT2D eigenvalue weighted by molar-refractivity contribution is 6.17. The van der Waals surface area contributed by atoms with E-state index in [4.69, 9.17) is 11.6 Å². The number of fused-ring (bicyclic) bond motifs is 2. The number of aromatic nitrogens is 2. The van der Waals surface area contributed by atoms with Crippen LogP contribution in [0.4, 0.5) is 5.95 Å². The summed E-state index contributed by atoms with van der Waals surface area (Å²) in [6.45, 7) is 4.12. The molecule has 2 atom stereocenters. The number of hydrogen-bond donors (Lipinski definition) is 0. The number of aryl methyl sites for hydroxylation is 1. The number of rotatable bonds is 2. The van der Waals surface area contributed by atoms with Crippen LogP contribution in [0, 0.1) is 6.92 Å². The molecule has 1 aromatic rings. The van der Waals surface area contributed by atoms with Crippen molar-refractivity contribution < 1.29 is 0 Å². The van der Waals surface area contributed by atoms with E-state index < -0.39 is 0 Å². The lowest BCUT2D eigenvalue weighted by atomic mass is 10.1. The molecule has 0 N–H and O–H groups in total. The lowest BCUT2D eigenvalue weighted by Crippen LogP contribution is -2.37. The van der Waals surface area contributed by atoms with Crippen molar-refractivity contribution in [2.24, 2.45) is 0 Å². The van der Waals surface area contributed by atoms with Crippen molar-refractivity contribution in [3.05, 3.63) is 17.5 Å². The highest BCUT2D eigenvalue weighted by Gasteiger charge is 2.35. The predicted molar refractivity (Wildman–Crippen MR) is 77.7 cm³/mol. The third-order valence-corrected chi connectivity index (χ3v) is 4.93. The third-order valence-electron chi connectivity index (χ3n) is 4.64. The second-order valence-electron chi connectivity index (χ2n) is 5.70. The first-order valence-corrected chi connectivity index (χ1v) is 7.58. The van der Waals surface area contributed by atoms with Crippen molar-refractivity contribution in [2.45, 2.75) is 44.1 Å². The minimum absolute atomic E-state index is 0.486. The Hall–Kier alpha value is -0.870. The molecule has 2 aliphatic rings. The summed E-state index contributed by atoms with van der Waals surface area (Å²) in [4.78, 5) is 14.0. The molecule has 3 heterocycles. The Morgan fingerprint density at radius 1 is 1.32 bits per heavy atom. The van der Waals surface area contributed by atoms with Gasteiger partial charge in [0.05, 0.1) is 5.88 Å². The van der Waals surface area contributed by atoms with Gasteiger partial charge in [0.15, 0.2) is 0 Å². The first-order valence-electron chi connectivity index (χ1n) is 7.04. The quantitative estimate of drug-likeness (QED) is 0.778. The van der Waals surface area contributed by atoms with Gasteiger partial charge >= 0.3 is 0 Å². The van der Waals surface area contributed by atoms with Crippen LogP contribution >= 0.6 is 11.6 Å². The number of likely N-dealkylation sites (N-methyl/N-ethyl adjacent to an activating group) is 1. The zero-order valence-corrected chi connectivity index (χ0v) is 12.4. The topological polar surface area (TPSA) is 32.3 Å². The van der Waals surface area contributed by atoms with E-state index in [2.05, 4.69) is 26.8 Å². The van der Waals surface area contributed by atoms with Crippen LogP contribution in [0.3, 0.4) is 0 Å². The van der Waals surface area contributed by atoms with Crippen molar-refractivity contribution >= 4 is 17.5 Å². The van der Waals surface area contributed by atoms with Gasteiger partial charge in [-0.15, -0.1) is 11.6 Å². The van der Waals surface area contributed by atoms with Crippen LogP contribution in [0.2, 0.25) is 0 Å². The fourth-order valence-electron chi connectivity index (χ4n) is 3.25. The molecule has 0 aliphatic carbocycles. The molecule has 19 heavy (non-hydrogen) atoms. The Labute approximate surface area is 119 Å². The van der Waals surface area contributed by atoms with Crippen LogP contribution in [0.15, 0.2) is 6.20 Å². The number of hydrogen-bond acceptors (Lipinski definition) is 4. The molecule has 104 valence electrons. The first kappa shape index (κ1) is 13.1. The lowest BCUT2D eigenvalue weighted by Gasteiger charge is -2.26. The molecular formula is C14H21ClN4. The lowest BCUT2D eigenvalue weighted by molar-refractivity contribution is 0.254. The van der Waals surface area contributed by atoms with Crippen LogP contribution in [-0.2, 0) is 5.88 Å². The number of nitrogens with zero attached hydrogens (tertiary/aromatic N) is 4. The Bertz CT molecular complexity index is 465. The second kappa shape index (κ2) is 5.25. The maximum atomic E-state index is 5.87. The Morgan fingerprint density at radius 3 is 2.84 bits per heavy atom. The molecule has 0 saturated carbocycles. The Balaban J connectivity index is 1.81. The molecule has 0 radical (unpaired) electrons. The van der Waals surface area contributed by atoms with Crippen molar-refractivity contribution in [3.8, 4) is 0 Å². The van der Waals surface area contributed by atoms with Crippen LogP contribution in [0.5, 0.6) is 0 Å². The molecule has 3 rings (SSSR count). The average Bonchev–Trinajstić information content (AvgIpc) is 2.63. The molecule has 2 saturated heterocycles. The van der Waals surface area contributed by atoms with Gasteiger partial charge in [0.2, 0.25) is 5.95 Å². The fourth-order valence-corrected chi connectivity index (χ4v) is 3.52. The van der Waals surface area contributed by atoms with Crippen LogP contribution in [0.25, 0.3) is 0 Å². The van der Waals surface area contributed by atoms with E-state index in [1.54, 1.807) is 0 Å². The number of anilines is 1. The van der Waals surface area contributed by atoms with Gasteiger partial charge in [-0.2, -0.15) is 0 Å². The van der Waals surface area contributed by atoms with Crippen LogP contribution < -0.4 is 4.90 Å². The van der Waals surface area contributed by atoms with E-state index in [9.17, 15) is 0 Å². The first-order chi connectivity index (χ1) is 9.19. The summed E-state index contributed by atoms with van der Waals surface area (Å²) >= 11 is 5.87. The maximum Gasteiger partial charge on any atom is 0.225 e. The zero-order valence-electron chi connectivity index (χ0n) is 11.6. The van der Waals surface area contributed by atoms with Gasteiger partial charge in [0, 0.05) is 42.6 Å². The summed E-state index contributed by atoms with van der Waals surface area (Å²) in [6.07, 6.45) is 5.74. The van der Waals surface area contributed by atoms with Gasteiger partial charge in [0.1, 0.15) is 0 Å². The number of alkyl halides is 1. The molecule has 2 aliphatic heterocycles.